The molecule has 7 nitrogen and oxygen atoms in total. The fraction of sp³-hybridized carbons (Fsp3) is 0.233. The Balaban J connectivity index is 1.42. The zero-order valence-electron chi connectivity index (χ0n) is 21.6. The van der Waals surface area contributed by atoms with Crippen LogP contribution in [0, 0.1) is 18.6 Å². The summed E-state index contributed by atoms with van der Waals surface area (Å²) in [4.78, 5) is 31.3. The first kappa shape index (κ1) is 27.5. The van der Waals surface area contributed by atoms with Gasteiger partial charge in [0.25, 0.3) is 5.91 Å². The van der Waals surface area contributed by atoms with Crippen LogP contribution in [0.1, 0.15) is 21.5 Å². The summed E-state index contributed by atoms with van der Waals surface area (Å²) < 4.78 is 35.1. The largest absolute Gasteiger partial charge is 0.480 e. The smallest absolute Gasteiger partial charge is 0.326 e. The molecule has 0 unspecified atom stereocenters. The lowest BCUT2D eigenvalue weighted by atomic mass is 9.94. The lowest BCUT2D eigenvalue weighted by molar-refractivity contribution is -0.139. The van der Waals surface area contributed by atoms with E-state index in [-0.39, 0.29) is 12.1 Å². The van der Waals surface area contributed by atoms with E-state index in [1.807, 2.05) is 25.1 Å². The summed E-state index contributed by atoms with van der Waals surface area (Å²) in [7, 11) is 0. The molecule has 2 N–H and O–H groups in total. The summed E-state index contributed by atoms with van der Waals surface area (Å²) in [6.45, 7) is 3.71. The number of aliphatic carboxylic acids is 1. The predicted molar refractivity (Wildman–Crippen MR) is 149 cm³/mol. The number of carbonyl (C=O) groups is 2. The number of nitrogens with zero attached hydrogens (tertiary/aromatic N) is 2. The first-order valence-corrected chi connectivity index (χ1v) is 13.1. The van der Waals surface area contributed by atoms with E-state index in [4.69, 9.17) is 16.3 Å². The van der Waals surface area contributed by atoms with E-state index in [0.717, 1.165) is 28.8 Å². The third-order valence-electron chi connectivity index (χ3n) is 6.93. The molecule has 40 heavy (non-hydrogen) atoms. The highest BCUT2D eigenvalue weighted by molar-refractivity contribution is 6.33. The number of hydrogen-bond acceptors (Lipinski definition) is 5. The van der Waals surface area contributed by atoms with Gasteiger partial charge in [-0.05, 0) is 42.3 Å². The molecule has 4 aromatic rings. The zero-order valence-corrected chi connectivity index (χ0v) is 22.3. The molecule has 1 fully saturated rings. The summed E-state index contributed by atoms with van der Waals surface area (Å²) in [5.41, 5.74) is 3.20. The second kappa shape index (κ2) is 11.6. The molecular formula is C30H26ClF2N3O4. The number of ether oxygens (including phenoxy) is 1. The lowest BCUT2D eigenvalue weighted by Crippen LogP contribution is -2.43. The number of nitrogens with one attached hydrogen (secondary N) is 1. The number of aromatic nitrogens is 1. The summed E-state index contributed by atoms with van der Waals surface area (Å²) in [6, 6.07) is 13.4. The minimum atomic E-state index is -1.46. The van der Waals surface area contributed by atoms with Crippen LogP contribution in [-0.4, -0.2) is 54.3 Å². The van der Waals surface area contributed by atoms with Gasteiger partial charge in [-0.1, -0.05) is 41.9 Å². The van der Waals surface area contributed by atoms with Crippen LogP contribution < -0.4 is 10.2 Å². The number of benzene rings is 3. The highest BCUT2D eigenvalue weighted by Crippen LogP contribution is 2.35. The van der Waals surface area contributed by atoms with Crippen molar-refractivity contribution < 1.29 is 28.2 Å². The Hall–Kier alpha value is -4.08. The van der Waals surface area contributed by atoms with Gasteiger partial charge in [-0.2, -0.15) is 0 Å². The molecule has 0 spiro atoms. The number of carboxylic acids is 1. The van der Waals surface area contributed by atoms with Gasteiger partial charge in [-0.25, -0.2) is 13.6 Å². The molecule has 0 aliphatic carbocycles. The number of aryl methyl sites for hydroxylation is 1. The van der Waals surface area contributed by atoms with Crippen LogP contribution in [0.5, 0.6) is 0 Å². The van der Waals surface area contributed by atoms with E-state index in [2.05, 4.69) is 10.3 Å². The molecule has 10 heteroatoms. The predicted octanol–water partition coefficient (Wildman–Crippen LogP) is 5.40. The van der Waals surface area contributed by atoms with E-state index in [9.17, 15) is 23.5 Å². The Kier molecular flexibility index (Phi) is 7.95. The Morgan fingerprint density at radius 1 is 1.07 bits per heavy atom. The van der Waals surface area contributed by atoms with Crippen molar-refractivity contribution in [1.29, 1.82) is 0 Å². The molecular weight excluding hydrogens is 540 g/mol. The van der Waals surface area contributed by atoms with Crippen LogP contribution in [0.3, 0.4) is 0 Å². The van der Waals surface area contributed by atoms with E-state index >= 15 is 0 Å². The Morgan fingerprint density at radius 2 is 1.77 bits per heavy atom. The number of carbonyl (C=O) groups excluding carboxylic acids is 1. The van der Waals surface area contributed by atoms with Crippen molar-refractivity contribution >= 4 is 40.1 Å². The van der Waals surface area contributed by atoms with E-state index in [1.54, 1.807) is 35.4 Å². The maximum atomic E-state index is 14.9. The number of hydrogen-bond donors (Lipinski definition) is 2. The summed E-state index contributed by atoms with van der Waals surface area (Å²) in [5, 5.41) is 13.4. The van der Waals surface area contributed by atoms with Crippen LogP contribution in [0.25, 0.3) is 22.0 Å². The van der Waals surface area contributed by atoms with Crippen LogP contribution >= 0.6 is 11.6 Å². The van der Waals surface area contributed by atoms with Gasteiger partial charge in [-0.15, -0.1) is 0 Å². The van der Waals surface area contributed by atoms with Crippen molar-refractivity contribution in [1.82, 2.24) is 10.3 Å². The Bertz CT molecular complexity index is 1580. The van der Waals surface area contributed by atoms with Gasteiger partial charge in [0.2, 0.25) is 0 Å². The van der Waals surface area contributed by atoms with Crippen molar-refractivity contribution in [3.8, 4) is 11.1 Å². The van der Waals surface area contributed by atoms with Crippen LogP contribution in [0.4, 0.5) is 14.5 Å². The molecule has 1 saturated heterocycles. The number of rotatable bonds is 7. The maximum absolute atomic E-state index is 14.9. The van der Waals surface area contributed by atoms with E-state index < -0.39 is 35.1 Å². The van der Waals surface area contributed by atoms with Crippen LogP contribution in [-0.2, 0) is 16.0 Å². The average molecular weight is 566 g/mol. The normalized spacial score (nSPS) is 14.2. The second-order valence-electron chi connectivity index (χ2n) is 9.61. The average Bonchev–Trinajstić information content (AvgIpc) is 2.93. The van der Waals surface area contributed by atoms with Gasteiger partial charge in [0.15, 0.2) is 0 Å². The maximum Gasteiger partial charge on any atom is 0.326 e. The topological polar surface area (TPSA) is 91.8 Å². The third-order valence-corrected chi connectivity index (χ3v) is 7.25. The summed E-state index contributed by atoms with van der Waals surface area (Å²) in [5.74, 6) is -4.64. The molecule has 0 saturated carbocycles. The highest BCUT2D eigenvalue weighted by atomic mass is 35.5. The molecule has 0 bridgehead atoms. The van der Waals surface area contributed by atoms with Gasteiger partial charge in [0.1, 0.15) is 23.2 Å². The second-order valence-corrected chi connectivity index (χ2v) is 10.0. The SMILES string of the molecule is Cc1ccc(-c2ccc(C[C@H](NC(=O)c3c(F)cc(N4CCOCC4)cc3F)C(=O)O)c3cccnc23)c(Cl)c1. The van der Waals surface area contributed by atoms with E-state index in [1.165, 1.54) is 0 Å². The molecule has 0 radical (unpaired) electrons. The molecule has 1 aliphatic rings. The van der Waals surface area contributed by atoms with Gasteiger partial charge < -0.3 is 20.1 Å². The van der Waals surface area contributed by atoms with E-state index in [0.29, 0.717) is 47.8 Å². The Labute approximate surface area is 234 Å². The van der Waals surface area contributed by atoms with Gasteiger partial charge in [0.05, 0.1) is 18.7 Å². The molecule has 1 aliphatic heterocycles. The zero-order chi connectivity index (χ0) is 28.4. The molecule has 5 rings (SSSR count). The molecule has 3 aromatic carbocycles. The van der Waals surface area contributed by atoms with Crippen LogP contribution in [0.2, 0.25) is 5.02 Å². The van der Waals surface area contributed by atoms with Crippen molar-refractivity contribution in [2.24, 2.45) is 0 Å². The van der Waals surface area contributed by atoms with Crippen molar-refractivity contribution in [3.05, 3.63) is 94.1 Å². The molecule has 206 valence electrons. The van der Waals surface area contributed by atoms with Crippen molar-refractivity contribution in [2.75, 3.05) is 31.2 Å². The quantitative estimate of drug-likeness (QED) is 0.312. The number of fused-ring (bicyclic) bond motifs is 1. The van der Waals surface area contributed by atoms with Crippen LogP contribution in [0.15, 0.2) is 60.8 Å². The molecule has 1 atom stereocenters. The first-order chi connectivity index (χ1) is 19.2. The lowest BCUT2D eigenvalue weighted by Gasteiger charge is -2.29. The van der Waals surface area contributed by atoms with Gasteiger partial charge in [-0.3, -0.25) is 9.78 Å². The number of anilines is 1. The number of pyridine rings is 1. The van der Waals surface area contributed by atoms with Gasteiger partial charge >= 0.3 is 5.97 Å². The number of amides is 1. The number of carboxylic acid groups (broad SMARTS) is 1. The molecule has 1 aromatic heterocycles. The van der Waals surface area contributed by atoms with Crippen molar-refractivity contribution in [2.45, 2.75) is 19.4 Å². The van der Waals surface area contributed by atoms with Gasteiger partial charge in [0, 0.05) is 52.9 Å². The Morgan fingerprint density at radius 3 is 2.45 bits per heavy atom. The fourth-order valence-corrected chi connectivity index (χ4v) is 5.23. The summed E-state index contributed by atoms with van der Waals surface area (Å²) >= 11 is 6.50. The standard InChI is InChI=1S/C30H26ClF2N3O4/c1-17-4-6-21(23(31)13-17)22-7-5-18(20-3-2-8-34-28(20)22)14-26(30(38)39)35-29(37)27-24(32)15-19(16-25(27)33)36-9-11-40-12-10-36/h2-8,13,15-16,26H,9-12,14H2,1H3,(H,35,37)(H,38,39)/t26-/m0/s1. The summed E-state index contributed by atoms with van der Waals surface area (Å²) in [6.07, 6.45) is 1.49. The first-order valence-electron chi connectivity index (χ1n) is 12.7. The molecule has 1 amide bonds. The fourth-order valence-electron chi connectivity index (χ4n) is 4.90. The third kappa shape index (κ3) is 5.61. The van der Waals surface area contributed by atoms with Crippen molar-refractivity contribution in [3.63, 3.8) is 0 Å². The molecule has 2 heterocycles. The number of halogens is 3. The highest BCUT2D eigenvalue weighted by Gasteiger charge is 2.27. The number of morpholine rings is 1. The minimum Gasteiger partial charge on any atom is -0.480 e. The monoisotopic (exact) mass is 565 g/mol. The minimum absolute atomic E-state index is 0.139.